The highest BCUT2D eigenvalue weighted by atomic mass is 16.5. The zero-order chi connectivity index (χ0) is 10.5. The van der Waals surface area contributed by atoms with Gasteiger partial charge in [-0.1, -0.05) is 20.8 Å². The van der Waals surface area contributed by atoms with E-state index in [9.17, 15) is 4.79 Å². The third-order valence-electron chi connectivity index (χ3n) is 2.28. The number of rotatable bonds is 5. The van der Waals surface area contributed by atoms with E-state index in [2.05, 4.69) is 19.2 Å². The first-order valence-electron chi connectivity index (χ1n) is 4.79. The molecule has 78 valence electrons. The molecular weight excluding hydrogens is 166 g/mol. The summed E-state index contributed by atoms with van der Waals surface area (Å²) in [5, 5.41) is 2.86. The molecule has 0 rings (SSSR count). The molecule has 0 saturated carbocycles. The second-order valence-corrected chi connectivity index (χ2v) is 3.89. The van der Waals surface area contributed by atoms with Crippen LogP contribution < -0.4 is 5.32 Å². The monoisotopic (exact) mass is 187 g/mol. The molecule has 1 unspecified atom stereocenters. The van der Waals surface area contributed by atoms with Crippen LogP contribution in [0.25, 0.3) is 0 Å². The number of carbonyl (C=O) groups is 1. The van der Waals surface area contributed by atoms with E-state index >= 15 is 0 Å². The summed E-state index contributed by atoms with van der Waals surface area (Å²) in [4.78, 5) is 11.6. The van der Waals surface area contributed by atoms with E-state index in [4.69, 9.17) is 4.74 Å². The zero-order valence-corrected chi connectivity index (χ0v) is 9.31. The Labute approximate surface area is 80.8 Å². The van der Waals surface area contributed by atoms with Crippen LogP contribution in [0.4, 0.5) is 0 Å². The fourth-order valence-electron chi connectivity index (χ4n) is 0.881. The van der Waals surface area contributed by atoms with E-state index in [1.54, 1.807) is 7.11 Å². The third-order valence-corrected chi connectivity index (χ3v) is 2.28. The average Bonchev–Trinajstić information content (AvgIpc) is 2.12. The standard InChI is InChI=1S/C10H21NO2/c1-6-10(4,13-5)9(12)11-7-8(2)3/h8H,6-7H2,1-5H3,(H,11,12). The third kappa shape index (κ3) is 3.77. The van der Waals surface area contributed by atoms with E-state index in [0.717, 1.165) is 0 Å². The lowest BCUT2D eigenvalue weighted by atomic mass is 10.0. The summed E-state index contributed by atoms with van der Waals surface area (Å²) in [7, 11) is 1.57. The molecule has 0 aliphatic heterocycles. The van der Waals surface area contributed by atoms with E-state index in [1.807, 2.05) is 13.8 Å². The van der Waals surface area contributed by atoms with Gasteiger partial charge in [0.2, 0.25) is 0 Å². The van der Waals surface area contributed by atoms with E-state index in [1.165, 1.54) is 0 Å². The van der Waals surface area contributed by atoms with Crippen LogP contribution in [0.15, 0.2) is 0 Å². The van der Waals surface area contributed by atoms with E-state index in [0.29, 0.717) is 18.9 Å². The number of methoxy groups -OCH3 is 1. The van der Waals surface area contributed by atoms with Gasteiger partial charge in [0.1, 0.15) is 5.60 Å². The Kier molecular flexibility index (Phi) is 4.99. The lowest BCUT2D eigenvalue weighted by molar-refractivity contribution is -0.141. The van der Waals surface area contributed by atoms with Gasteiger partial charge in [-0.3, -0.25) is 4.79 Å². The van der Waals surface area contributed by atoms with Crippen molar-refractivity contribution in [2.45, 2.75) is 39.7 Å². The number of nitrogens with one attached hydrogen (secondary N) is 1. The minimum Gasteiger partial charge on any atom is -0.369 e. The minimum atomic E-state index is -0.672. The molecule has 0 aromatic rings. The Balaban J connectivity index is 4.07. The van der Waals surface area contributed by atoms with Gasteiger partial charge in [0.15, 0.2) is 0 Å². The molecule has 3 nitrogen and oxygen atoms in total. The van der Waals surface area contributed by atoms with Crippen LogP contribution >= 0.6 is 0 Å². The first-order chi connectivity index (χ1) is 5.96. The summed E-state index contributed by atoms with van der Waals surface area (Å²) in [5.74, 6) is 0.452. The molecule has 3 heteroatoms. The Hall–Kier alpha value is -0.570. The van der Waals surface area contributed by atoms with Crippen molar-refractivity contribution in [3.63, 3.8) is 0 Å². The Morgan fingerprint density at radius 3 is 2.38 bits per heavy atom. The van der Waals surface area contributed by atoms with Crippen LogP contribution in [0.1, 0.15) is 34.1 Å². The van der Waals surface area contributed by atoms with Crippen molar-refractivity contribution in [2.75, 3.05) is 13.7 Å². The van der Waals surface area contributed by atoms with Crippen LogP contribution in [-0.2, 0) is 9.53 Å². The topological polar surface area (TPSA) is 38.3 Å². The van der Waals surface area contributed by atoms with Crippen LogP contribution in [-0.4, -0.2) is 25.2 Å². The second-order valence-electron chi connectivity index (χ2n) is 3.89. The molecule has 13 heavy (non-hydrogen) atoms. The molecule has 0 aliphatic carbocycles. The molecule has 1 atom stereocenters. The summed E-state index contributed by atoms with van der Waals surface area (Å²) in [6.45, 7) is 8.59. The smallest absolute Gasteiger partial charge is 0.251 e. The van der Waals surface area contributed by atoms with Crippen molar-refractivity contribution in [1.82, 2.24) is 5.32 Å². The van der Waals surface area contributed by atoms with Gasteiger partial charge in [-0.2, -0.15) is 0 Å². The van der Waals surface area contributed by atoms with Gasteiger partial charge in [0.25, 0.3) is 5.91 Å². The van der Waals surface area contributed by atoms with Crippen molar-refractivity contribution in [3.8, 4) is 0 Å². The number of carbonyl (C=O) groups excluding carboxylic acids is 1. The molecule has 0 spiro atoms. The van der Waals surface area contributed by atoms with Gasteiger partial charge >= 0.3 is 0 Å². The number of hydrogen-bond donors (Lipinski definition) is 1. The number of amides is 1. The zero-order valence-electron chi connectivity index (χ0n) is 9.31. The minimum absolute atomic E-state index is 0.0220. The van der Waals surface area contributed by atoms with Gasteiger partial charge in [0, 0.05) is 13.7 Å². The van der Waals surface area contributed by atoms with Crippen molar-refractivity contribution in [2.24, 2.45) is 5.92 Å². The first-order valence-corrected chi connectivity index (χ1v) is 4.79. The lowest BCUT2D eigenvalue weighted by Gasteiger charge is -2.25. The molecule has 0 bridgehead atoms. The molecule has 0 heterocycles. The quantitative estimate of drug-likeness (QED) is 0.709. The van der Waals surface area contributed by atoms with Crippen molar-refractivity contribution < 1.29 is 9.53 Å². The van der Waals surface area contributed by atoms with E-state index < -0.39 is 5.60 Å². The predicted octanol–water partition coefficient (Wildman–Crippen LogP) is 1.57. The van der Waals surface area contributed by atoms with Gasteiger partial charge in [-0.25, -0.2) is 0 Å². The summed E-state index contributed by atoms with van der Waals surface area (Å²) in [6.07, 6.45) is 0.688. The maximum absolute atomic E-state index is 11.6. The molecule has 0 aliphatic rings. The fraction of sp³-hybridized carbons (Fsp3) is 0.900. The summed E-state index contributed by atoms with van der Waals surface area (Å²) < 4.78 is 5.17. The number of ether oxygens (including phenoxy) is 1. The SMILES string of the molecule is CCC(C)(OC)C(=O)NCC(C)C. The van der Waals surface area contributed by atoms with Crippen molar-refractivity contribution in [1.29, 1.82) is 0 Å². The molecule has 0 fully saturated rings. The first kappa shape index (κ1) is 12.4. The Bertz CT molecular complexity index is 162. The van der Waals surface area contributed by atoms with Crippen LogP contribution in [0.5, 0.6) is 0 Å². The Morgan fingerprint density at radius 1 is 1.54 bits per heavy atom. The maximum Gasteiger partial charge on any atom is 0.251 e. The molecule has 0 aromatic carbocycles. The maximum atomic E-state index is 11.6. The highest BCUT2D eigenvalue weighted by Gasteiger charge is 2.30. The van der Waals surface area contributed by atoms with Crippen molar-refractivity contribution in [3.05, 3.63) is 0 Å². The summed E-state index contributed by atoms with van der Waals surface area (Å²) >= 11 is 0. The van der Waals surface area contributed by atoms with Crippen LogP contribution in [0, 0.1) is 5.92 Å². The van der Waals surface area contributed by atoms with Gasteiger partial charge in [-0.05, 0) is 19.3 Å². The van der Waals surface area contributed by atoms with Crippen molar-refractivity contribution >= 4 is 5.91 Å². The largest absolute Gasteiger partial charge is 0.369 e. The van der Waals surface area contributed by atoms with Gasteiger partial charge < -0.3 is 10.1 Å². The summed E-state index contributed by atoms with van der Waals surface area (Å²) in [6, 6.07) is 0. The van der Waals surface area contributed by atoms with E-state index in [-0.39, 0.29) is 5.91 Å². The molecule has 0 aromatic heterocycles. The summed E-state index contributed by atoms with van der Waals surface area (Å²) in [5.41, 5.74) is -0.672. The van der Waals surface area contributed by atoms with Gasteiger partial charge in [-0.15, -0.1) is 0 Å². The molecular formula is C10H21NO2. The van der Waals surface area contributed by atoms with Crippen LogP contribution in [0.2, 0.25) is 0 Å². The Morgan fingerprint density at radius 2 is 2.08 bits per heavy atom. The highest BCUT2D eigenvalue weighted by molar-refractivity contribution is 5.84. The molecule has 1 N–H and O–H groups in total. The lowest BCUT2D eigenvalue weighted by Crippen LogP contribution is -2.46. The average molecular weight is 187 g/mol. The second kappa shape index (κ2) is 5.22. The van der Waals surface area contributed by atoms with Crippen LogP contribution in [0.3, 0.4) is 0 Å². The highest BCUT2D eigenvalue weighted by Crippen LogP contribution is 2.13. The molecule has 0 radical (unpaired) electrons. The fourth-order valence-corrected chi connectivity index (χ4v) is 0.881. The molecule has 1 amide bonds. The predicted molar refractivity (Wildman–Crippen MR) is 53.6 cm³/mol. The molecule has 0 saturated heterocycles. The number of hydrogen-bond acceptors (Lipinski definition) is 2. The van der Waals surface area contributed by atoms with Gasteiger partial charge in [0.05, 0.1) is 0 Å². The normalized spacial score (nSPS) is 15.5.